The van der Waals surface area contributed by atoms with Crippen molar-refractivity contribution in [1.82, 2.24) is 19.8 Å². The predicted molar refractivity (Wildman–Crippen MR) is 117 cm³/mol. The maximum atomic E-state index is 13.1. The first-order chi connectivity index (χ1) is 13.0. The standard InChI is InChI=1S/C20H25BrN4OS/c1-24(2)12-11-22-10-6-9-18-23-19-16(13-17(21)27-19)20(26)25(18)14-15-7-4-3-5-8-15/h3-5,7-8,13,22H,6,9-12,14H2,1-2H3. The minimum atomic E-state index is 0.0429. The number of rotatable bonds is 9. The van der Waals surface area contributed by atoms with Crippen molar-refractivity contribution < 1.29 is 0 Å². The maximum absolute atomic E-state index is 13.1. The topological polar surface area (TPSA) is 50.2 Å². The van der Waals surface area contributed by atoms with Gasteiger partial charge in [0.15, 0.2) is 0 Å². The van der Waals surface area contributed by atoms with Gasteiger partial charge in [-0.1, -0.05) is 30.3 Å². The fourth-order valence-corrected chi connectivity index (χ4v) is 4.41. The van der Waals surface area contributed by atoms with Crippen LogP contribution in [0.5, 0.6) is 0 Å². The normalized spacial score (nSPS) is 11.6. The first-order valence-electron chi connectivity index (χ1n) is 9.12. The minimum absolute atomic E-state index is 0.0429. The summed E-state index contributed by atoms with van der Waals surface area (Å²) in [5.74, 6) is 0.861. The lowest BCUT2D eigenvalue weighted by atomic mass is 10.2. The van der Waals surface area contributed by atoms with Gasteiger partial charge >= 0.3 is 0 Å². The number of benzene rings is 1. The number of fused-ring (bicyclic) bond motifs is 1. The summed E-state index contributed by atoms with van der Waals surface area (Å²) in [5.41, 5.74) is 1.15. The van der Waals surface area contributed by atoms with Gasteiger partial charge in [-0.2, -0.15) is 0 Å². The Hall–Kier alpha value is -1.54. The summed E-state index contributed by atoms with van der Waals surface area (Å²) in [7, 11) is 4.14. The van der Waals surface area contributed by atoms with Crippen LogP contribution in [-0.4, -0.2) is 48.2 Å². The molecule has 144 valence electrons. The summed E-state index contributed by atoms with van der Waals surface area (Å²) in [6.07, 6.45) is 1.73. The van der Waals surface area contributed by atoms with Crippen LogP contribution >= 0.6 is 27.3 Å². The molecule has 0 saturated heterocycles. The number of hydrogen-bond donors (Lipinski definition) is 1. The Balaban J connectivity index is 1.79. The lowest BCUT2D eigenvalue weighted by Crippen LogP contribution is -2.28. The number of aryl methyl sites for hydroxylation is 1. The Kier molecular flexibility index (Phi) is 7.18. The van der Waals surface area contributed by atoms with E-state index in [4.69, 9.17) is 4.98 Å². The molecule has 0 bridgehead atoms. The number of nitrogens with one attached hydrogen (secondary N) is 1. The Morgan fingerprint density at radius 3 is 2.74 bits per heavy atom. The van der Waals surface area contributed by atoms with Gasteiger partial charge in [0.25, 0.3) is 5.56 Å². The lowest BCUT2D eigenvalue weighted by Gasteiger charge is -2.13. The quantitative estimate of drug-likeness (QED) is 0.509. The summed E-state index contributed by atoms with van der Waals surface area (Å²) in [4.78, 5) is 20.9. The zero-order valence-corrected chi connectivity index (χ0v) is 18.1. The molecular formula is C20H25BrN4OS. The molecule has 1 aromatic carbocycles. The summed E-state index contributed by atoms with van der Waals surface area (Å²) >= 11 is 5.00. The smallest absolute Gasteiger partial charge is 0.262 e. The van der Waals surface area contributed by atoms with E-state index in [1.807, 2.05) is 41.0 Å². The summed E-state index contributed by atoms with van der Waals surface area (Å²) < 4.78 is 2.77. The zero-order chi connectivity index (χ0) is 19.2. The fourth-order valence-electron chi connectivity index (χ4n) is 2.95. The summed E-state index contributed by atoms with van der Waals surface area (Å²) in [5, 5.41) is 4.14. The monoisotopic (exact) mass is 448 g/mol. The van der Waals surface area contributed by atoms with Crippen LogP contribution in [0.15, 0.2) is 45.0 Å². The molecule has 0 radical (unpaired) electrons. The number of hydrogen-bond acceptors (Lipinski definition) is 5. The van der Waals surface area contributed by atoms with Gasteiger partial charge in [0.1, 0.15) is 10.7 Å². The molecule has 5 nitrogen and oxygen atoms in total. The first-order valence-corrected chi connectivity index (χ1v) is 10.7. The molecule has 3 rings (SSSR count). The SMILES string of the molecule is CN(C)CCNCCCc1nc2sc(Br)cc2c(=O)n1Cc1ccccc1. The van der Waals surface area contributed by atoms with Crippen molar-refractivity contribution in [1.29, 1.82) is 0 Å². The van der Waals surface area contributed by atoms with Crippen LogP contribution in [0.3, 0.4) is 0 Å². The number of thiophene rings is 1. The number of nitrogens with zero attached hydrogens (tertiary/aromatic N) is 3. The predicted octanol–water partition coefficient (Wildman–Crippen LogP) is 3.35. The van der Waals surface area contributed by atoms with Gasteiger partial charge in [0.05, 0.1) is 15.7 Å². The number of likely N-dealkylation sites (N-methyl/N-ethyl adjacent to an activating group) is 1. The van der Waals surface area contributed by atoms with Gasteiger partial charge in [0.2, 0.25) is 0 Å². The van der Waals surface area contributed by atoms with Crippen molar-refractivity contribution in [2.75, 3.05) is 33.7 Å². The molecule has 27 heavy (non-hydrogen) atoms. The Bertz CT molecular complexity index is 936. The Morgan fingerprint density at radius 2 is 2.00 bits per heavy atom. The maximum Gasteiger partial charge on any atom is 0.262 e. The average Bonchev–Trinajstić information content (AvgIpc) is 3.02. The third-order valence-corrected chi connectivity index (χ3v) is 5.91. The van der Waals surface area contributed by atoms with E-state index in [0.717, 1.165) is 52.5 Å². The van der Waals surface area contributed by atoms with Gasteiger partial charge in [-0.25, -0.2) is 4.98 Å². The molecule has 0 unspecified atom stereocenters. The van der Waals surface area contributed by atoms with E-state index in [1.54, 1.807) is 0 Å². The Morgan fingerprint density at radius 1 is 1.22 bits per heavy atom. The fraction of sp³-hybridized carbons (Fsp3) is 0.400. The number of aromatic nitrogens is 2. The van der Waals surface area contributed by atoms with E-state index in [-0.39, 0.29) is 5.56 Å². The van der Waals surface area contributed by atoms with Crippen LogP contribution in [0.25, 0.3) is 10.2 Å². The molecule has 0 fully saturated rings. The van der Waals surface area contributed by atoms with Gasteiger partial charge < -0.3 is 10.2 Å². The second kappa shape index (κ2) is 9.59. The number of halogens is 1. The summed E-state index contributed by atoms with van der Waals surface area (Å²) in [6.45, 7) is 3.46. The molecule has 0 saturated carbocycles. The van der Waals surface area contributed by atoms with E-state index in [1.165, 1.54) is 11.3 Å². The molecule has 1 N–H and O–H groups in total. The van der Waals surface area contributed by atoms with Crippen molar-refractivity contribution in [2.45, 2.75) is 19.4 Å². The van der Waals surface area contributed by atoms with Crippen LogP contribution in [0.2, 0.25) is 0 Å². The van der Waals surface area contributed by atoms with Gasteiger partial charge in [-0.15, -0.1) is 11.3 Å². The largest absolute Gasteiger partial charge is 0.315 e. The molecular weight excluding hydrogens is 424 g/mol. The van der Waals surface area contributed by atoms with Crippen molar-refractivity contribution in [3.05, 3.63) is 61.9 Å². The Labute approximate surface area is 172 Å². The van der Waals surface area contributed by atoms with Crippen LogP contribution in [0, 0.1) is 0 Å². The molecule has 2 heterocycles. The lowest BCUT2D eigenvalue weighted by molar-refractivity contribution is 0.399. The zero-order valence-electron chi connectivity index (χ0n) is 15.7. The minimum Gasteiger partial charge on any atom is -0.315 e. The van der Waals surface area contributed by atoms with E-state index in [2.05, 4.69) is 40.2 Å². The molecule has 0 aliphatic carbocycles. The van der Waals surface area contributed by atoms with Gasteiger partial charge in [-0.05, 0) is 54.6 Å². The highest BCUT2D eigenvalue weighted by Gasteiger charge is 2.14. The van der Waals surface area contributed by atoms with Crippen LogP contribution in [-0.2, 0) is 13.0 Å². The molecule has 0 aliphatic heterocycles. The van der Waals surface area contributed by atoms with Crippen LogP contribution < -0.4 is 10.9 Å². The molecule has 7 heteroatoms. The van der Waals surface area contributed by atoms with E-state index < -0.39 is 0 Å². The van der Waals surface area contributed by atoms with Crippen molar-refractivity contribution in [3.63, 3.8) is 0 Å². The van der Waals surface area contributed by atoms with Crippen molar-refractivity contribution >= 4 is 37.5 Å². The average molecular weight is 449 g/mol. The molecule has 3 aromatic rings. The second-order valence-corrected chi connectivity index (χ2v) is 9.24. The van der Waals surface area contributed by atoms with Crippen molar-refractivity contribution in [3.8, 4) is 0 Å². The van der Waals surface area contributed by atoms with Gasteiger partial charge in [0, 0.05) is 19.5 Å². The van der Waals surface area contributed by atoms with Crippen LogP contribution in [0.4, 0.5) is 0 Å². The van der Waals surface area contributed by atoms with Crippen molar-refractivity contribution in [2.24, 2.45) is 0 Å². The molecule has 0 atom stereocenters. The van der Waals surface area contributed by atoms with Crippen LogP contribution in [0.1, 0.15) is 17.8 Å². The van der Waals surface area contributed by atoms with E-state index in [0.29, 0.717) is 11.9 Å². The highest BCUT2D eigenvalue weighted by Crippen LogP contribution is 2.26. The summed E-state index contributed by atoms with van der Waals surface area (Å²) in [6, 6.07) is 12.0. The van der Waals surface area contributed by atoms with Gasteiger partial charge in [-0.3, -0.25) is 9.36 Å². The third-order valence-electron chi connectivity index (χ3n) is 4.37. The third kappa shape index (κ3) is 5.48. The highest BCUT2D eigenvalue weighted by molar-refractivity contribution is 9.11. The molecule has 2 aromatic heterocycles. The highest BCUT2D eigenvalue weighted by atomic mass is 79.9. The molecule has 0 amide bonds. The van der Waals surface area contributed by atoms with E-state index >= 15 is 0 Å². The second-order valence-electron chi connectivity index (χ2n) is 6.83. The molecule has 0 aliphatic rings. The molecule has 0 spiro atoms. The van der Waals surface area contributed by atoms with E-state index in [9.17, 15) is 4.79 Å². The first kappa shape index (κ1) is 20.2.